The molecule has 1 aliphatic heterocycles. The number of aromatic amines is 1. The Morgan fingerprint density at radius 1 is 1.35 bits per heavy atom. The predicted molar refractivity (Wildman–Crippen MR) is 86.7 cm³/mol. The van der Waals surface area contributed by atoms with Gasteiger partial charge in [0.2, 0.25) is 0 Å². The van der Waals surface area contributed by atoms with Gasteiger partial charge in [-0.2, -0.15) is 5.10 Å². The van der Waals surface area contributed by atoms with Gasteiger partial charge < -0.3 is 4.90 Å². The number of nitro benzene ring substituents is 1. The third-order valence-corrected chi connectivity index (χ3v) is 4.17. The lowest BCUT2D eigenvalue weighted by molar-refractivity contribution is -0.384. The zero-order valence-electron chi connectivity index (χ0n) is 12.7. The number of halogens is 1. The Bertz CT molecular complexity index is 711. The molecule has 2 aromatic rings. The van der Waals surface area contributed by atoms with Gasteiger partial charge in [-0.3, -0.25) is 20.1 Å². The first-order valence-electron chi connectivity index (χ1n) is 7.32. The summed E-state index contributed by atoms with van der Waals surface area (Å²) >= 11 is 6.19. The van der Waals surface area contributed by atoms with Crippen molar-refractivity contribution in [2.45, 2.75) is 13.5 Å². The molecule has 1 aromatic carbocycles. The molecule has 2 heterocycles. The second-order valence-corrected chi connectivity index (χ2v) is 5.90. The summed E-state index contributed by atoms with van der Waals surface area (Å²) in [6.07, 6.45) is 0. The van der Waals surface area contributed by atoms with E-state index < -0.39 is 4.92 Å². The monoisotopic (exact) mass is 336 g/mol. The van der Waals surface area contributed by atoms with Crippen LogP contribution in [0.5, 0.6) is 0 Å². The minimum Gasteiger partial charge on any atom is -0.368 e. The van der Waals surface area contributed by atoms with Gasteiger partial charge in [0.15, 0.2) is 5.82 Å². The van der Waals surface area contributed by atoms with Gasteiger partial charge in [-0.1, -0.05) is 11.6 Å². The first-order chi connectivity index (χ1) is 11.0. The number of nitro groups is 1. The third kappa shape index (κ3) is 3.59. The maximum atomic E-state index is 10.8. The minimum atomic E-state index is -0.438. The summed E-state index contributed by atoms with van der Waals surface area (Å²) in [6.45, 7) is 5.93. The summed E-state index contributed by atoms with van der Waals surface area (Å²) in [5.41, 5.74) is 0.850. The highest BCUT2D eigenvalue weighted by molar-refractivity contribution is 6.33. The molecule has 0 saturated carbocycles. The molecule has 122 valence electrons. The van der Waals surface area contributed by atoms with E-state index in [-0.39, 0.29) is 5.69 Å². The highest BCUT2D eigenvalue weighted by Crippen LogP contribution is 2.30. The van der Waals surface area contributed by atoms with Gasteiger partial charge in [-0.05, 0) is 13.0 Å². The Labute approximate surface area is 138 Å². The summed E-state index contributed by atoms with van der Waals surface area (Å²) in [6, 6.07) is 4.61. The number of non-ortho nitro benzene ring substituents is 1. The van der Waals surface area contributed by atoms with Crippen molar-refractivity contribution in [3.63, 3.8) is 0 Å². The number of aryl methyl sites for hydroxylation is 1. The van der Waals surface area contributed by atoms with E-state index in [1.54, 1.807) is 6.07 Å². The molecule has 1 aliphatic rings. The highest BCUT2D eigenvalue weighted by Gasteiger charge is 2.21. The van der Waals surface area contributed by atoms with Crippen LogP contribution in [0.1, 0.15) is 11.6 Å². The van der Waals surface area contributed by atoms with Gasteiger partial charge in [0.1, 0.15) is 5.82 Å². The summed E-state index contributed by atoms with van der Waals surface area (Å²) in [7, 11) is 0. The maximum Gasteiger partial charge on any atom is 0.271 e. The van der Waals surface area contributed by atoms with Crippen LogP contribution in [0, 0.1) is 17.0 Å². The fourth-order valence-electron chi connectivity index (χ4n) is 2.67. The van der Waals surface area contributed by atoms with Crippen LogP contribution < -0.4 is 4.90 Å². The Balaban J connectivity index is 1.61. The lowest BCUT2D eigenvalue weighted by atomic mass is 10.2. The molecule has 8 nitrogen and oxygen atoms in total. The lowest BCUT2D eigenvalue weighted by Crippen LogP contribution is -2.46. The van der Waals surface area contributed by atoms with Crippen molar-refractivity contribution in [3.05, 3.63) is 45.0 Å². The second kappa shape index (κ2) is 6.51. The SMILES string of the molecule is Cc1nc(CN2CCN(c3ccc([N+](=O)[O-])cc3Cl)CC2)n[nH]1. The Morgan fingerprint density at radius 2 is 2.09 bits per heavy atom. The summed E-state index contributed by atoms with van der Waals surface area (Å²) in [5.74, 6) is 1.61. The van der Waals surface area contributed by atoms with Crippen molar-refractivity contribution in [2.24, 2.45) is 0 Å². The first-order valence-corrected chi connectivity index (χ1v) is 7.70. The largest absolute Gasteiger partial charge is 0.368 e. The Hall–Kier alpha value is -2.19. The van der Waals surface area contributed by atoms with E-state index in [4.69, 9.17) is 11.6 Å². The van der Waals surface area contributed by atoms with Crippen LogP contribution in [-0.2, 0) is 6.54 Å². The van der Waals surface area contributed by atoms with E-state index in [0.717, 1.165) is 43.5 Å². The molecule has 0 spiro atoms. The molecule has 0 bridgehead atoms. The zero-order valence-corrected chi connectivity index (χ0v) is 13.5. The smallest absolute Gasteiger partial charge is 0.271 e. The van der Waals surface area contributed by atoms with Gasteiger partial charge in [0.05, 0.1) is 22.2 Å². The first kappa shape index (κ1) is 15.7. The van der Waals surface area contributed by atoms with E-state index >= 15 is 0 Å². The molecular weight excluding hydrogens is 320 g/mol. The fourth-order valence-corrected chi connectivity index (χ4v) is 2.97. The lowest BCUT2D eigenvalue weighted by Gasteiger charge is -2.35. The van der Waals surface area contributed by atoms with Crippen LogP contribution in [0.4, 0.5) is 11.4 Å². The van der Waals surface area contributed by atoms with Gasteiger partial charge >= 0.3 is 0 Å². The van der Waals surface area contributed by atoms with Crippen molar-refractivity contribution in [3.8, 4) is 0 Å². The number of hydrogen-bond acceptors (Lipinski definition) is 6. The van der Waals surface area contributed by atoms with Crippen LogP contribution in [0.2, 0.25) is 5.02 Å². The van der Waals surface area contributed by atoms with Crippen molar-refractivity contribution in [1.82, 2.24) is 20.1 Å². The third-order valence-electron chi connectivity index (χ3n) is 3.86. The molecule has 0 atom stereocenters. The molecule has 1 saturated heterocycles. The quantitative estimate of drug-likeness (QED) is 0.678. The molecule has 0 unspecified atom stereocenters. The van der Waals surface area contributed by atoms with E-state index in [2.05, 4.69) is 25.0 Å². The number of rotatable bonds is 4. The number of aromatic nitrogens is 3. The minimum absolute atomic E-state index is 0.0114. The molecule has 1 N–H and O–H groups in total. The van der Waals surface area contributed by atoms with Crippen molar-refractivity contribution in [1.29, 1.82) is 0 Å². The predicted octanol–water partition coefficient (Wildman–Crippen LogP) is 2.00. The van der Waals surface area contributed by atoms with Crippen LogP contribution in [0.15, 0.2) is 18.2 Å². The van der Waals surface area contributed by atoms with Gasteiger partial charge in [-0.25, -0.2) is 4.98 Å². The van der Waals surface area contributed by atoms with Crippen LogP contribution in [0.3, 0.4) is 0 Å². The van der Waals surface area contributed by atoms with Crippen LogP contribution in [0.25, 0.3) is 0 Å². The number of anilines is 1. The fraction of sp³-hybridized carbons (Fsp3) is 0.429. The molecule has 1 aromatic heterocycles. The van der Waals surface area contributed by atoms with Crippen molar-refractivity contribution < 1.29 is 4.92 Å². The molecule has 0 aliphatic carbocycles. The number of hydrogen-bond donors (Lipinski definition) is 1. The normalized spacial score (nSPS) is 15.8. The molecule has 23 heavy (non-hydrogen) atoms. The second-order valence-electron chi connectivity index (χ2n) is 5.49. The number of nitrogens with one attached hydrogen (secondary N) is 1. The molecule has 0 amide bonds. The number of nitrogens with zero attached hydrogens (tertiary/aromatic N) is 5. The molecule has 0 radical (unpaired) electrons. The van der Waals surface area contributed by atoms with E-state index in [1.165, 1.54) is 12.1 Å². The average molecular weight is 337 g/mol. The maximum absolute atomic E-state index is 10.8. The average Bonchev–Trinajstić information content (AvgIpc) is 2.93. The van der Waals surface area contributed by atoms with Crippen LogP contribution >= 0.6 is 11.6 Å². The number of H-pyrrole nitrogens is 1. The standard InChI is InChI=1S/C14H17ClN6O2/c1-10-16-14(18-17-10)9-19-4-6-20(7-5-19)13-3-2-11(21(22)23)8-12(13)15/h2-3,8H,4-7,9H2,1H3,(H,16,17,18). The van der Waals surface area contributed by atoms with Gasteiger partial charge in [0.25, 0.3) is 5.69 Å². The zero-order chi connectivity index (χ0) is 16.4. The topological polar surface area (TPSA) is 91.2 Å². The summed E-state index contributed by atoms with van der Waals surface area (Å²) in [4.78, 5) is 19.1. The molecule has 1 fully saturated rings. The van der Waals surface area contributed by atoms with Crippen LogP contribution in [-0.4, -0.2) is 51.2 Å². The highest BCUT2D eigenvalue weighted by atomic mass is 35.5. The van der Waals surface area contributed by atoms with E-state index in [0.29, 0.717) is 11.6 Å². The number of piperazine rings is 1. The molecule has 3 rings (SSSR count). The Morgan fingerprint density at radius 3 is 2.65 bits per heavy atom. The van der Waals surface area contributed by atoms with Crippen molar-refractivity contribution >= 4 is 23.0 Å². The van der Waals surface area contributed by atoms with Crippen molar-refractivity contribution in [2.75, 3.05) is 31.1 Å². The number of benzene rings is 1. The van der Waals surface area contributed by atoms with E-state index in [1.807, 2.05) is 6.92 Å². The van der Waals surface area contributed by atoms with E-state index in [9.17, 15) is 10.1 Å². The Kier molecular flexibility index (Phi) is 4.44. The summed E-state index contributed by atoms with van der Waals surface area (Å²) in [5, 5.41) is 18.2. The molecular formula is C14H17ClN6O2. The summed E-state index contributed by atoms with van der Waals surface area (Å²) < 4.78 is 0. The van der Waals surface area contributed by atoms with Gasteiger partial charge in [-0.15, -0.1) is 0 Å². The molecule has 9 heteroatoms. The van der Waals surface area contributed by atoms with Gasteiger partial charge in [0, 0.05) is 38.3 Å².